The van der Waals surface area contributed by atoms with Crippen molar-refractivity contribution in [1.29, 1.82) is 0 Å². The third-order valence-electron chi connectivity index (χ3n) is 0.467. The Morgan fingerprint density at radius 2 is 2.11 bits per heavy atom. The minimum Gasteiger partial charge on any atom is -0.262 e. The molecule has 0 aromatic carbocycles. The highest BCUT2D eigenvalue weighted by atomic mass is 35.5. The summed E-state index contributed by atoms with van der Waals surface area (Å²) in [7, 11) is 0. The van der Waals surface area contributed by atoms with Crippen LogP contribution in [0.2, 0.25) is 0 Å². The van der Waals surface area contributed by atoms with E-state index in [1.807, 2.05) is 0 Å². The Morgan fingerprint density at radius 3 is 2.44 bits per heavy atom. The summed E-state index contributed by atoms with van der Waals surface area (Å²) in [6, 6.07) is 0. The molecule has 1 nitrogen and oxygen atoms in total. The molecule has 0 amide bonds. The average Bonchev–Trinajstić information content (AvgIpc) is 1.63. The molecule has 0 unspecified atom stereocenters. The SMILES string of the molecule is C=C(Cl)/C=N\C=C(/C)Cl. The molecule has 0 rings (SSSR count). The Hall–Kier alpha value is -0.270. The van der Waals surface area contributed by atoms with E-state index in [0.717, 1.165) is 0 Å². The molecule has 0 aliphatic heterocycles. The third-order valence-corrected chi connectivity index (χ3v) is 0.662. The Bertz CT molecular complexity index is 154. The first-order chi connectivity index (χ1) is 4.13. The van der Waals surface area contributed by atoms with Crippen LogP contribution in [0, 0.1) is 0 Å². The maximum atomic E-state index is 5.44. The van der Waals surface area contributed by atoms with Gasteiger partial charge in [-0.1, -0.05) is 29.8 Å². The minimum atomic E-state index is 0.393. The van der Waals surface area contributed by atoms with Crippen molar-refractivity contribution in [2.45, 2.75) is 6.92 Å². The van der Waals surface area contributed by atoms with Crippen LogP contribution in [0.4, 0.5) is 0 Å². The van der Waals surface area contributed by atoms with Crippen LogP contribution in [-0.4, -0.2) is 6.21 Å². The van der Waals surface area contributed by atoms with Gasteiger partial charge in [-0.3, -0.25) is 4.99 Å². The summed E-state index contributed by atoms with van der Waals surface area (Å²) in [4.78, 5) is 3.72. The van der Waals surface area contributed by atoms with E-state index in [1.54, 1.807) is 6.92 Å². The fraction of sp³-hybridized carbons (Fsp3) is 0.167. The second kappa shape index (κ2) is 4.59. The van der Waals surface area contributed by atoms with Gasteiger partial charge in [0.1, 0.15) is 0 Å². The monoisotopic (exact) mass is 163 g/mol. The number of allylic oxidation sites excluding steroid dienone is 2. The summed E-state index contributed by atoms with van der Waals surface area (Å²) < 4.78 is 0. The minimum absolute atomic E-state index is 0.393. The van der Waals surface area contributed by atoms with Crippen molar-refractivity contribution < 1.29 is 0 Å². The van der Waals surface area contributed by atoms with Crippen molar-refractivity contribution >= 4 is 29.4 Å². The van der Waals surface area contributed by atoms with E-state index in [9.17, 15) is 0 Å². The van der Waals surface area contributed by atoms with Crippen molar-refractivity contribution in [3.63, 3.8) is 0 Å². The number of halogens is 2. The highest BCUT2D eigenvalue weighted by molar-refractivity contribution is 6.38. The van der Waals surface area contributed by atoms with Crippen LogP contribution in [0.15, 0.2) is 27.8 Å². The highest BCUT2D eigenvalue weighted by Gasteiger charge is 1.75. The van der Waals surface area contributed by atoms with Gasteiger partial charge in [0.15, 0.2) is 0 Å². The summed E-state index contributed by atoms with van der Waals surface area (Å²) in [6.45, 7) is 5.13. The number of aliphatic imine (C=N–C) groups is 1. The predicted octanol–water partition coefficient (Wildman–Crippen LogP) is 2.91. The molecule has 0 fully saturated rings. The van der Waals surface area contributed by atoms with Crippen LogP contribution in [0.5, 0.6) is 0 Å². The molecule has 50 valence electrons. The van der Waals surface area contributed by atoms with E-state index in [2.05, 4.69) is 11.6 Å². The summed E-state index contributed by atoms with van der Waals surface area (Å²) in [6.07, 6.45) is 2.92. The number of hydrogen-bond acceptors (Lipinski definition) is 1. The van der Waals surface area contributed by atoms with Gasteiger partial charge >= 0.3 is 0 Å². The van der Waals surface area contributed by atoms with E-state index >= 15 is 0 Å². The number of rotatable bonds is 2. The van der Waals surface area contributed by atoms with Crippen LogP contribution >= 0.6 is 23.2 Å². The standard InChI is InChI=1S/C6H7Cl2N/c1-5(7)3-9-4-6(2)8/h3-4H,1H2,2H3/b6-4+,9-3-. The summed E-state index contributed by atoms with van der Waals surface area (Å²) in [5.74, 6) is 0. The van der Waals surface area contributed by atoms with Crippen LogP contribution in [0.25, 0.3) is 0 Å². The molecule has 0 aliphatic rings. The molecular weight excluding hydrogens is 157 g/mol. The molecule has 0 spiro atoms. The molecule has 0 aromatic rings. The molecule has 9 heavy (non-hydrogen) atoms. The first kappa shape index (κ1) is 8.73. The molecule has 0 radical (unpaired) electrons. The highest BCUT2D eigenvalue weighted by Crippen LogP contribution is 1.98. The summed E-state index contributed by atoms with van der Waals surface area (Å²) in [5, 5.41) is 1.01. The van der Waals surface area contributed by atoms with Gasteiger partial charge in [0.25, 0.3) is 0 Å². The van der Waals surface area contributed by atoms with Gasteiger partial charge in [-0.05, 0) is 6.92 Å². The van der Waals surface area contributed by atoms with Gasteiger partial charge in [-0.25, -0.2) is 0 Å². The first-order valence-corrected chi connectivity index (χ1v) is 3.08. The third kappa shape index (κ3) is 7.73. The quantitative estimate of drug-likeness (QED) is 0.556. The smallest absolute Gasteiger partial charge is 0.0517 e. The van der Waals surface area contributed by atoms with Gasteiger partial charge in [-0.15, -0.1) is 0 Å². The average molecular weight is 164 g/mol. The molecule has 0 saturated heterocycles. The zero-order valence-electron chi connectivity index (χ0n) is 5.06. The summed E-state index contributed by atoms with van der Waals surface area (Å²) >= 11 is 10.8. The van der Waals surface area contributed by atoms with Gasteiger partial charge in [0.2, 0.25) is 0 Å². The zero-order valence-corrected chi connectivity index (χ0v) is 6.58. The number of nitrogens with zero attached hydrogens (tertiary/aromatic N) is 1. The maximum absolute atomic E-state index is 5.44. The normalized spacial score (nSPS) is 12.6. The van der Waals surface area contributed by atoms with Gasteiger partial charge in [0, 0.05) is 17.4 Å². The first-order valence-electron chi connectivity index (χ1n) is 2.33. The van der Waals surface area contributed by atoms with Crippen LogP contribution in [-0.2, 0) is 0 Å². The second-order valence-corrected chi connectivity index (χ2v) is 2.52. The molecule has 0 saturated carbocycles. The second-order valence-electron chi connectivity index (χ2n) is 1.44. The van der Waals surface area contributed by atoms with Crippen molar-refractivity contribution in [2.75, 3.05) is 0 Å². The Labute approximate surface area is 64.7 Å². The zero-order chi connectivity index (χ0) is 7.28. The molecule has 3 heteroatoms. The van der Waals surface area contributed by atoms with E-state index in [-0.39, 0.29) is 0 Å². The molecule has 0 atom stereocenters. The number of hydrogen-bond donors (Lipinski definition) is 0. The van der Waals surface area contributed by atoms with Crippen molar-refractivity contribution in [3.8, 4) is 0 Å². The van der Waals surface area contributed by atoms with Crippen molar-refractivity contribution in [1.82, 2.24) is 0 Å². The lowest BCUT2D eigenvalue weighted by Crippen LogP contribution is -1.66. The van der Waals surface area contributed by atoms with E-state index in [1.165, 1.54) is 12.4 Å². The molecule has 0 aromatic heterocycles. The molecule has 0 aliphatic carbocycles. The molecule has 0 N–H and O–H groups in total. The molecule has 0 heterocycles. The van der Waals surface area contributed by atoms with E-state index < -0.39 is 0 Å². The predicted molar refractivity (Wildman–Crippen MR) is 43.1 cm³/mol. The summed E-state index contributed by atoms with van der Waals surface area (Å²) in [5.41, 5.74) is 0. The van der Waals surface area contributed by atoms with Crippen LogP contribution in [0.3, 0.4) is 0 Å². The largest absolute Gasteiger partial charge is 0.262 e. The Morgan fingerprint density at radius 1 is 1.56 bits per heavy atom. The lowest BCUT2D eigenvalue weighted by molar-refractivity contribution is 1.51. The van der Waals surface area contributed by atoms with E-state index in [0.29, 0.717) is 10.1 Å². The lowest BCUT2D eigenvalue weighted by atomic mass is 10.6. The lowest BCUT2D eigenvalue weighted by Gasteiger charge is -1.79. The van der Waals surface area contributed by atoms with Crippen LogP contribution < -0.4 is 0 Å². The Balaban J connectivity index is 3.74. The fourth-order valence-electron chi connectivity index (χ4n) is 0.221. The fourth-order valence-corrected chi connectivity index (χ4v) is 0.334. The van der Waals surface area contributed by atoms with Crippen LogP contribution in [0.1, 0.15) is 6.92 Å². The van der Waals surface area contributed by atoms with Crippen molar-refractivity contribution in [2.24, 2.45) is 4.99 Å². The molecule has 0 bridgehead atoms. The van der Waals surface area contributed by atoms with Crippen molar-refractivity contribution in [3.05, 3.63) is 22.8 Å². The van der Waals surface area contributed by atoms with Gasteiger partial charge in [0.05, 0.1) is 5.03 Å². The molecular formula is C6H7Cl2N. The van der Waals surface area contributed by atoms with Gasteiger partial charge < -0.3 is 0 Å². The maximum Gasteiger partial charge on any atom is 0.0517 e. The van der Waals surface area contributed by atoms with Gasteiger partial charge in [-0.2, -0.15) is 0 Å². The van der Waals surface area contributed by atoms with E-state index in [4.69, 9.17) is 23.2 Å². The topological polar surface area (TPSA) is 12.4 Å². The Kier molecular flexibility index (Phi) is 4.46.